The van der Waals surface area contributed by atoms with Gasteiger partial charge in [0, 0.05) is 5.69 Å². The van der Waals surface area contributed by atoms with Gasteiger partial charge >= 0.3 is 5.97 Å². The van der Waals surface area contributed by atoms with Crippen molar-refractivity contribution in [3.05, 3.63) is 89.0 Å². The van der Waals surface area contributed by atoms with E-state index in [0.29, 0.717) is 34.9 Å². The normalized spacial score (nSPS) is 10.7. The Morgan fingerprint density at radius 2 is 1.71 bits per heavy atom. The quantitative estimate of drug-likeness (QED) is 0.217. The summed E-state index contributed by atoms with van der Waals surface area (Å²) in [5, 5.41) is 12.2. The van der Waals surface area contributed by atoms with Crippen LogP contribution in [0, 0.1) is 18.3 Å². The highest BCUT2D eigenvalue weighted by Crippen LogP contribution is 2.30. The van der Waals surface area contributed by atoms with Crippen LogP contribution < -0.4 is 19.5 Å². The van der Waals surface area contributed by atoms with Crippen molar-refractivity contribution in [1.29, 1.82) is 5.26 Å². The van der Waals surface area contributed by atoms with Gasteiger partial charge < -0.3 is 19.5 Å². The van der Waals surface area contributed by atoms with Crippen LogP contribution in [0.5, 0.6) is 17.2 Å². The standard InChI is InChI=1S/C27H24N2O5/c1-4-33-25-16-19(7-14-24(25)34-27(31)20-8-5-18(2)6-9-20)15-21(17-28)26(30)29-22-10-12-23(32-3)13-11-22/h5-16H,4H2,1-3H3,(H,29,30)/b21-15-. The highest BCUT2D eigenvalue weighted by Gasteiger charge is 2.15. The topological polar surface area (TPSA) is 97.7 Å². The molecule has 0 heterocycles. The van der Waals surface area contributed by atoms with E-state index in [0.717, 1.165) is 5.56 Å². The summed E-state index contributed by atoms with van der Waals surface area (Å²) in [5.74, 6) is 0.150. The van der Waals surface area contributed by atoms with Crippen LogP contribution in [0.15, 0.2) is 72.3 Å². The lowest BCUT2D eigenvalue weighted by Gasteiger charge is -2.12. The van der Waals surface area contributed by atoms with Crippen LogP contribution >= 0.6 is 0 Å². The first-order chi connectivity index (χ1) is 16.4. The van der Waals surface area contributed by atoms with E-state index in [1.165, 1.54) is 6.08 Å². The summed E-state index contributed by atoms with van der Waals surface area (Å²) in [6, 6.07) is 20.5. The maximum Gasteiger partial charge on any atom is 0.343 e. The SMILES string of the molecule is CCOc1cc(/C=C(/C#N)C(=O)Nc2ccc(OC)cc2)ccc1OC(=O)c1ccc(C)cc1. The molecule has 3 aromatic carbocycles. The molecule has 0 aliphatic rings. The van der Waals surface area contributed by atoms with E-state index < -0.39 is 11.9 Å². The highest BCUT2D eigenvalue weighted by molar-refractivity contribution is 6.09. The number of hydrogen-bond acceptors (Lipinski definition) is 6. The van der Waals surface area contributed by atoms with Crippen molar-refractivity contribution in [3.8, 4) is 23.3 Å². The van der Waals surface area contributed by atoms with Crippen molar-refractivity contribution in [2.45, 2.75) is 13.8 Å². The van der Waals surface area contributed by atoms with Gasteiger partial charge in [0.1, 0.15) is 17.4 Å². The maximum atomic E-state index is 12.6. The number of methoxy groups -OCH3 is 1. The third-order valence-corrected chi connectivity index (χ3v) is 4.78. The molecule has 172 valence electrons. The zero-order valence-electron chi connectivity index (χ0n) is 19.1. The Labute approximate surface area is 198 Å². The van der Waals surface area contributed by atoms with E-state index in [1.807, 2.05) is 25.1 Å². The summed E-state index contributed by atoms with van der Waals surface area (Å²) in [6.45, 7) is 4.07. The minimum absolute atomic E-state index is 0.0948. The van der Waals surface area contributed by atoms with Crippen LogP contribution in [0.3, 0.4) is 0 Å². The monoisotopic (exact) mass is 456 g/mol. The van der Waals surface area contributed by atoms with Crippen molar-refractivity contribution in [1.82, 2.24) is 0 Å². The summed E-state index contributed by atoms with van der Waals surface area (Å²) in [4.78, 5) is 25.1. The number of rotatable bonds is 8. The second kappa shape index (κ2) is 11.3. The molecule has 7 nitrogen and oxygen atoms in total. The largest absolute Gasteiger partial charge is 0.497 e. The fraction of sp³-hybridized carbons (Fsp3) is 0.148. The number of carbonyl (C=O) groups is 2. The number of ether oxygens (including phenoxy) is 3. The van der Waals surface area contributed by atoms with Crippen LogP contribution in [-0.4, -0.2) is 25.6 Å². The second-order valence-electron chi connectivity index (χ2n) is 7.25. The molecule has 0 aromatic heterocycles. The van der Waals surface area contributed by atoms with E-state index in [2.05, 4.69) is 5.32 Å². The van der Waals surface area contributed by atoms with Gasteiger partial charge in [-0.1, -0.05) is 23.8 Å². The molecular formula is C27H24N2O5. The molecule has 3 rings (SSSR count). The number of benzene rings is 3. The van der Waals surface area contributed by atoms with E-state index >= 15 is 0 Å². The molecule has 0 saturated heterocycles. The van der Waals surface area contributed by atoms with E-state index in [4.69, 9.17) is 14.2 Å². The van der Waals surface area contributed by atoms with Gasteiger partial charge in [0.25, 0.3) is 5.91 Å². The van der Waals surface area contributed by atoms with Gasteiger partial charge in [0.05, 0.1) is 19.3 Å². The Hall–Kier alpha value is -4.57. The number of hydrogen-bond donors (Lipinski definition) is 1. The van der Waals surface area contributed by atoms with Gasteiger partial charge in [0.2, 0.25) is 0 Å². The Kier molecular flexibility index (Phi) is 8.03. The third-order valence-electron chi connectivity index (χ3n) is 4.78. The first-order valence-corrected chi connectivity index (χ1v) is 10.6. The molecule has 0 aliphatic heterocycles. The lowest BCUT2D eigenvalue weighted by Crippen LogP contribution is -2.13. The summed E-state index contributed by atoms with van der Waals surface area (Å²) >= 11 is 0. The molecule has 34 heavy (non-hydrogen) atoms. The minimum atomic E-state index is -0.555. The van der Waals surface area contributed by atoms with E-state index in [9.17, 15) is 14.9 Å². The molecule has 1 amide bonds. The predicted molar refractivity (Wildman–Crippen MR) is 129 cm³/mol. The van der Waals surface area contributed by atoms with Crippen molar-refractivity contribution in [2.24, 2.45) is 0 Å². The maximum absolute atomic E-state index is 12.6. The minimum Gasteiger partial charge on any atom is -0.497 e. The Balaban J connectivity index is 1.80. The van der Waals surface area contributed by atoms with Crippen LogP contribution in [0.25, 0.3) is 6.08 Å². The molecule has 3 aromatic rings. The number of nitrogens with zero attached hydrogens (tertiary/aromatic N) is 1. The number of aryl methyl sites for hydroxylation is 1. The number of carbonyl (C=O) groups excluding carboxylic acids is 2. The lowest BCUT2D eigenvalue weighted by molar-refractivity contribution is -0.112. The molecule has 0 radical (unpaired) electrons. The Bertz CT molecular complexity index is 1240. The summed E-state index contributed by atoms with van der Waals surface area (Å²) in [7, 11) is 1.55. The fourth-order valence-corrected chi connectivity index (χ4v) is 3.00. The smallest absolute Gasteiger partial charge is 0.343 e. The number of nitriles is 1. The molecule has 1 N–H and O–H groups in total. The summed E-state index contributed by atoms with van der Waals surface area (Å²) in [6.07, 6.45) is 1.44. The van der Waals surface area contributed by atoms with Crippen LogP contribution in [-0.2, 0) is 4.79 Å². The molecule has 0 aliphatic carbocycles. The van der Waals surface area contributed by atoms with Crippen LogP contribution in [0.4, 0.5) is 5.69 Å². The average Bonchev–Trinajstić information content (AvgIpc) is 2.85. The van der Waals surface area contributed by atoms with Crippen molar-refractivity contribution >= 4 is 23.6 Å². The van der Waals surface area contributed by atoms with Crippen molar-refractivity contribution in [2.75, 3.05) is 19.0 Å². The predicted octanol–water partition coefficient (Wildman–Crippen LogP) is 5.17. The average molecular weight is 456 g/mol. The second-order valence-corrected chi connectivity index (χ2v) is 7.25. The summed E-state index contributed by atoms with van der Waals surface area (Å²) < 4.78 is 16.2. The highest BCUT2D eigenvalue weighted by atomic mass is 16.6. The number of nitrogens with one attached hydrogen (secondary N) is 1. The molecule has 0 spiro atoms. The fourth-order valence-electron chi connectivity index (χ4n) is 3.00. The number of esters is 1. The lowest BCUT2D eigenvalue weighted by atomic mass is 10.1. The molecule has 0 unspecified atom stereocenters. The van der Waals surface area contributed by atoms with Gasteiger partial charge in [0.15, 0.2) is 11.5 Å². The first-order valence-electron chi connectivity index (χ1n) is 10.6. The first kappa shape index (κ1) is 24.1. The zero-order valence-corrected chi connectivity index (χ0v) is 19.1. The summed E-state index contributed by atoms with van der Waals surface area (Å²) in [5.41, 5.74) is 2.43. The van der Waals surface area contributed by atoms with Crippen molar-refractivity contribution < 1.29 is 23.8 Å². The zero-order chi connectivity index (χ0) is 24.5. The molecule has 0 atom stereocenters. The van der Waals surface area contributed by atoms with Gasteiger partial charge in [-0.25, -0.2) is 4.79 Å². The van der Waals surface area contributed by atoms with Gasteiger partial charge in [-0.05, 0) is 74.0 Å². The molecular weight excluding hydrogens is 432 g/mol. The van der Waals surface area contributed by atoms with E-state index in [1.54, 1.807) is 68.6 Å². The van der Waals surface area contributed by atoms with Crippen LogP contribution in [0.2, 0.25) is 0 Å². The van der Waals surface area contributed by atoms with Crippen molar-refractivity contribution in [3.63, 3.8) is 0 Å². The number of anilines is 1. The van der Waals surface area contributed by atoms with Crippen LogP contribution in [0.1, 0.15) is 28.4 Å². The van der Waals surface area contributed by atoms with Gasteiger partial charge in [-0.3, -0.25) is 4.79 Å². The number of amides is 1. The van der Waals surface area contributed by atoms with Gasteiger partial charge in [-0.2, -0.15) is 5.26 Å². The molecule has 0 fully saturated rings. The Morgan fingerprint density at radius 1 is 1.00 bits per heavy atom. The van der Waals surface area contributed by atoms with Gasteiger partial charge in [-0.15, -0.1) is 0 Å². The molecule has 0 saturated carbocycles. The molecule has 7 heteroatoms. The Morgan fingerprint density at radius 3 is 2.32 bits per heavy atom. The van der Waals surface area contributed by atoms with E-state index in [-0.39, 0.29) is 11.3 Å². The molecule has 0 bridgehead atoms. The third kappa shape index (κ3) is 6.24.